The fraction of sp³-hybridized carbons (Fsp3) is 0.804. The van der Waals surface area contributed by atoms with Crippen LogP contribution in [0.3, 0.4) is 0 Å². The van der Waals surface area contributed by atoms with Crippen LogP contribution >= 0.6 is 0 Å². The number of nitrogens with two attached hydrogens (primary N) is 2. The molecule has 76 heavy (non-hydrogen) atoms. The summed E-state index contributed by atoms with van der Waals surface area (Å²) in [6.45, 7) is 20.3. The third kappa shape index (κ3) is 16.2. The molecule has 3 aliphatic rings. The number of carbonyl (C=O) groups is 1. The molecule has 3 saturated heterocycles. The number of aryl methyl sites for hydroxylation is 2. The second-order valence-electron chi connectivity index (χ2n) is 23.9. The van der Waals surface area contributed by atoms with E-state index in [0.717, 1.165) is 43.6 Å². The Bertz CT molecular complexity index is 2090. The van der Waals surface area contributed by atoms with Crippen LogP contribution in [0.25, 0.3) is 0 Å². The number of hydrazine groups is 1. The standard InChI is InChI=1S/C56H100N8O12/c1-16-45-56(10,70)49(66)38(6)62(14)30-34(2)28-54(8,69)51(36(4)48(37(5)52(68)74-45)75-46-29-55(9,71-15)50(67)39(7)73-46)76-53-47(65)44(27-35(3)72-53)61(13)26-24-42-33-63(59-42)25-18-17-19-40-20-22-43(23-21-40)64(58)32-41(57)31-60(11)12/h20-23,32-39,44-51,53,59,65-67,69-70H,16-19,24-31,57-58H2,1-15H3/b41-32-/t34-,35-,36+,37-,38-,39+,44+,45-,46+,47-,48+,49-,50+,51-,53+,54-,55-,56-/m1/s1. The van der Waals surface area contributed by atoms with Gasteiger partial charge in [-0.15, -0.1) is 0 Å². The lowest BCUT2D eigenvalue weighted by Crippen LogP contribution is -2.61. The van der Waals surface area contributed by atoms with Crippen molar-refractivity contribution in [3.8, 4) is 0 Å². The normalized spacial score (nSPS) is 38.0. The number of carbonyl (C=O) groups excluding carboxylic acids is 1. The van der Waals surface area contributed by atoms with Gasteiger partial charge in [0.1, 0.15) is 30.0 Å². The number of rotatable bonds is 19. The molecule has 1 aromatic heterocycles. The van der Waals surface area contributed by atoms with E-state index < -0.39 is 96.0 Å². The Morgan fingerprint density at radius 1 is 0.947 bits per heavy atom. The number of aromatic amines is 1. The molecule has 3 fully saturated rings. The number of cyclic esters (lactones) is 1. The molecule has 0 bridgehead atoms. The molecular formula is C56H100N8O12. The molecule has 436 valence electrons. The van der Waals surface area contributed by atoms with Gasteiger partial charge in [-0.25, -0.2) is 5.84 Å². The molecule has 20 nitrogen and oxygen atoms in total. The summed E-state index contributed by atoms with van der Waals surface area (Å²) in [5, 5.41) is 64.8. The summed E-state index contributed by atoms with van der Waals surface area (Å²) in [5.74, 6) is 3.50. The van der Waals surface area contributed by atoms with Crippen molar-refractivity contribution < 1.29 is 58.7 Å². The van der Waals surface area contributed by atoms with Crippen LogP contribution < -0.4 is 16.6 Å². The number of esters is 1. The van der Waals surface area contributed by atoms with Gasteiger partial charge in [0.2, 0.25) is 0 Å². The van der Waals surface area contributed by atoms with Crippen molar-refractivity contribution in [2.75, 3.05) is 59.9 Å². The number of aromatic nitrogens is 2. The van der Waals surface area contributed by atoms with Gasteiger partial charge in [0.15, 0.2) is 12.6 Å². The van der Waals surface area contributed by atoms with E-state index in [1.54, 1.807) is 45.8 Å². The number of H-pyrrole nitrogens is 1. The molecule has 1 aromatic carbocycles. The third-order valence-corrected chi connectivity index (χ3v) is 16.6. The Balaban J connectivity index is 1.30. The Labute approximate surface area is 453 Å². The number of methoxy groups -OCH3 is 1. The molecule has 2 aromatic rings. The van der Waals surface area contributed by atoms with Crippen LogP contribution in [0.4, 0.5) is 5.69 Å². The highest BCUT2D eigenvalue weighted by atomic mass is 16.7. The minimum absolute atomic E-state index is 0.112. The van der Waals surface area contributed by atoms with Crippen molar-refractivity contribution in [3.05, 3.63) is 53.6 Å². The van der Waals surface area contributed by atoms with E-state index in [0.29, 0.717) is 31.8 Å². The van der Waals surface area contributed by atoms with E-state index >= 15 is 0 Å². The van der Waals surface area contributed by atoms with E-state index in [1.165, 1.54) is 19.6 Å². The number of aliphatic hydroxyl groups is 5. The second kappa shape index (κ2) is 27.3. The Kier molecular flexibility index (Phi) is 22.9. The van der Waals surface area contributed by atoms with Crippen molar-refractivity contribution in [1.29, 1.82) is 0 Å². The average molecular weight is 1080 g/mol. The highest BCUT2D eigenvalue weighted by molar-refractivity contribution is 5.73. The average Bonchev–Trinajstić information content (AvgIpc) is 3.33. The summed E-state index contributed by atoms with van der Waals surface area (Å²) < 4.78 is 40.5. The quantitative estimate of drug-likeness (QED) is 0.0432. The van der Waals surface area contributed by atoms with Gasteiger partial charge in [-0.3, -0.25) is 14.5 Å². The number of hydrogen-bond acceptors (Lipinski definition) is 18. The molecule has 0 radical (unpaired) electrons. The molecule has 0 aliphatic carbocycles. The van der Waals surface area contributed by atoms with Gasteiger partial charge < -0.3 is 79.5 Å². The molecule has 18 atom stereocenters. The third-order valence-electron chi connectivity index (χ3n) is 16.6. The summed E-state index contributed by atoms with van der Waals surface area (Å²) in [6.07, 6.45) is -1.15. The van der Waals surface area contributed by atoms with E-state index in [-0.39, 0.29) is 37.3 Å². The Morgan fingerprint density at radius 3 is 2.22 bits per heavy atom. The molecular weight excluding hydrogens is 977 g/mol. The molecule has 0 saturated carbocycles. The number of hydrogen-bond donors (Lipinski definition) is 8. The van der Waals surface area contributed by atoms with Gasteiger partial charge in [0.05, 0.1) is 52.9 Å². The lowest BCUT2D eigenvalue weighted by molar-refractivity contribution is -0.318. The highest BCUT2D eigenvalue weighted by Gasteiger charge is 2.53. The van der Waals surface area contributed by atoms with Crippen LogP contribution in [0.2, 0.25) is 0 Å². The number of ether oxygens (including phenoxy) is 6. The van der Waals surface area contributed by atoms with Crippen LogP contribution in [-0.4, -0.2) is 201 Å². The van der Waals surface area contributed by atoms with Crippen LogP contribution in [0.15, 0.2) is 42.4 Å². The van der Waals surface area contributed by atoms with Crippen molar-refractivity contribution in [2.24, 2.45) is 29.3 Å². The van der Waals surface area contributed by atoms with Gasteiger partial charge in [-0.1, -0.05) is 32.9 Å². The molecule has 0 spiro atoms. The summed E-state index contributed by atoms with van der Waals surface area (Å²) in [7, 11) is 9.27. The molecule has 4 heterocycles. The minimum Gasteiger partial charge on any atom is -0.459 e. The van der Waals surface area contributed by atoms with Gasteiger partial charge in [0, 0.05) is 82.2 Å². The number of nitrogens with zero attached hydrogens (tertiary/aromatic N) is 5. The second-order valence-corrected chi connectivity index (χ2v) is 23.9. The molecule has 0 unspecified atom stereocenters. The number of aliphatic hydroxyl groups excluding tert-OH is 3. The zero-order chi connectivity index (χ0) is 56.6. The summed E-state index contributed by atoms with van der Waals surface area (Å²) in [6, 6.07) is 7.31. The molecule has 0 amide bonds. The number of unbranched alkanes of at least 4 members (excludes halogenated alkanes) is 1. The smallest absolute Gasteiger partial charge is 0.311 e. The van der Waals surface area contributed by atoms with Crippen LogP contribution in [0.1, 0.15) is 119 Å². The zero-order valence-corrected chi connectivity index (χ0v) is 48.6. The lowest BCUT2D eigenvalue weighted by atomic mass is 9.77. The predicted octanol–water partition coefficient (Wildman–Crippen LogP) is 3.71. The monoisotopic (exact) mass is 1080 g/mol. The van der Waals surface area contributed by atoms with Crippen LogP contribution in [-0.2, 0) is 52.6 Å². The summed E-state index contributed by atoms with van der Waals surface area (Å²) in [5.41, 5.74) is 5.51. The van der Waals surface area contributed by atoms with E-state index in [4.69, 9.17) is 40.0 Å². The first-order valence-electron chi connectivity index (χ1n) is 27.8. The topological polar surface area (TPSA) is 259 Å². The van der Waals surface area contributed by atoms with E-state index in [2.05, 4.69) is 33.0 Å². The fourth-order valence-electron chi connectivity index (χ4n) is 11.8. The van der Waals surface area contributed by atoms with Crippen molar-refractivity contribution in [2.45, 2.75) is 217 Å². The van der Waals surface area contributed by atoms with Crippen LogP contribution in [0, 0.1) is 17.8 Å². The number of nitrogens with one attached hydrogen (secondary N) is 1. The van der Waals surface area contributed by atoms with Crippen LogP contribution in [0.5, 0.6) is 0 Å². The summed E-state index contributed by atoms with van der Waals surface area (Å²) in [4.78, 5) is 20.6. The zero-order valence-electron chi connectivity index (χ0n) is 48.6. The Hall–Kier alpha value is -3.19. The maximum Gasteiger partial charge on any atom is 0.311 e. The maximum absolute atomic E-state index is 14.5. The maximum atomic E-state index is 14.5. The lowest BCUT2D eigenvalue weighted by Gasteiger charge is -2.49. The van der Waals surface area contributed by atoms with Gasteiger partial charge in [0.25, 0.3) is 0 Å². The van der Waals surface area contributed by atoms with Gasteiger partial charge in [-0.05, 0) is 139 Å². The SMILES string of the molecule is CC[C@H]1OC(=O)[C@H](C)[C@@H](O[C@H]2C[C@@](C)(OC)[C@@H](O)[C@H](C)O2)[C@H](C)[C@@H](O[C@@H]2O[C@H](C)C[C@H](N(C)CCc3cn(CCCCc4ccc(N(N)/C=C(\N)CN(C)C)cc4)[nH]3)[C@H]2O)[C@](C)(O)C[C@@H](C)CN(C)[C@H](C)[C@@H](O)[C@]1(C)O. The van der Waals surface area contributed by atoms with Gasteiger partial charge in [-0.2, -0.15) is 0 Å². The van der Waals surface area contributed by atoms with Crippen molar-refractivity contribution in [1.82, 2.24) is 24.5 Å². The minimum atomic E-state index is -1.83. The first kappa shape index (κ1) is 63.6. The molecule has 20 heteroatoms. The fourth-order valence-corrected chi connectivity index (χ4v) is 11.8. The highest BCUT2D eigenvalue weighted by Crippen LogP contribution is 2.40. The Morgan fingerprint density at radius 2 is 1.61 bits per heavy atom. The predicted molar refractivity (Wildman–Crippen MR) is 292 cm³/mol. The first-order chi connectivity index (χ1) is 35.5. The van der Waals surface area contributed by atoms with Crippen molar-refractivity contribution >= 4 is 11.7 Å². The van der Waals surface area contributed by atoms with Crippen molar-refractivity contribution in [3.63, 3.8) is 0 Å². The first-order valence-corrected chi connectivity index (χ1v) is 27.8. The number of anilines is 1. The van der Waals surface area contributed by atoms with Gasteiger partial charge >= 0.3 is 5.97 Å². The molecule has 3 aliphatic heterocycles. The molecule has 5 rings (SSSR count). The summed E-state index contributed by atoms with van der Waals surface area (Å²) >= 11 is 0. The number of likely N-dealkylation sites (N-methyl/N-ethyl adjacent to an activating group) is 3. The largest absolute Gasteiger partial charge is 0.459 e. The van der Waals surface area contributed by atoms with E-state index in [1.807, 2.05) is 77.8 Å². The molecule has 10 N–H and O–H groups in total. The number of benzene rings is 1. The van der Waals surface area contributed by atoms with E-state index in [9.17, 15) is 30.3 Å².